The van der Waals surface area contributed by atoms with Gasteiger partial charge in [0.1, 0.15) is 31.3 Å². The highest BCUT2D eigenvalue weighted by molar-refractivity contribution is 5.95. The van der Waals surface area contributed by atoms with Gasteiger partial charge >= 0.3 is 17.8 Å². The highest BCUT2D eigenvalue weighted by Gasteiger charge is 2.44. The molecule has 10 nitrogen and oxygen atoms in total. The molecular weight excluding hydrogens is 525 g/mol. The Morgan fingerprint density at radius 3 is 2.44 bits per heavy atom. The van der Waals surface area contributed by atoms with Crippen molar-refractivity contribution in [2.45, 2.75) is 51.8 Å². The monoisotopic (exact) mass is 552 g/mol. The number of aromatic nitrogens is 2. The van der Waals surface area contributed by atoms with Crippen molar-refractivity contribution in [2.75, 3.05) is 20.3 Å². The second-order valence-electron chi connectivity index (χ2n) is 8.96. The number of alkyl halides is 3. The van der Waals surface area contributed by atoms with Crippen LogP contribution in [0.1, 0.15) is 42.4 Å². The lowest BCUT2D eigenvalue weighted by molar-refractivity contribution is -0.204. The van der Waals surface area contributed by atoms with Gasteiger partial charge in [0.05, 0.1) is 13.2 Å². The first-order valence-corrected chi connectivity index (χ1v) is 11.9. The molecule has 3 rings (SSSR count). The largest absolute Gasteiger partial charge is 0.497 e. The number of hydrogen-bond acceptors (Lipinski definition) is 8. The topological polar surface area (TPSA) is 115 Å². The molecule has 0 saturated carbocycles. The minimum atomic E-state index is -5.21. The van der Waals surface area contributed by atoms with Crippen molar-refractivity contribution >= 4 is 11.9 Å². The van der Waals surface area contributed by atoms with Crippen LogP contribution >= 0.6 is 0 Å². The summed E-state index contributed by atoms with van der Waals surface area (Å²) in [4.78, 5) is 50.4. The Labute approximate surface area is 221 Å². The summed E-state index contributed by atoms with van der Waals surface area (Å²) >= 11 is 0. The Balaban J connectivity index is 1.92. The fraction of sp³-hybridized carbons (Fsp3) is 0.462. The number of carbonyl (C=O) groups excluding carboxylic acids is 2. The van der Waals surface area contributed by atoms with Gasteiger partial charge in [-0.1, -0.05) is 25.7 Å². The first kappa shape index (κ1) is 29.7. The molecule has 0 amide bonds. The maximum atomic E-state index is 13.3. The molecule has 0 spiro atoms. The zero-order valence-corrected chi connectivity index (χ0v) is 21.6. The van der Waals surface area contributed by atoms with E-state index >= 15 is 0 Å². The van der Waals surface area contributed by atoms with Gasteiger partial charge < -0.3 is 18.9 Å². The van der Waals surface area contributed by atoms with E-state index in [1.54, 1.807) is 0 Å². The maximum Gasteiger partial charge on any atom is 0.490 e. The lowest BCUT2D eigenvalue weighted by atomic mass is 10.2. The smallest absolute Gasteiger partial charge is 0.490 e. The normalized spacial score (nSPS) is 18.9. The van der Waals surface area contributed by atoms with Crippen molar-refractivity contribution in [3.63, 3.8) is 0 Å². The number of rotatable bonds is 7. The van der Waals surface area contributed by atoms with Crippen LogP contribution in [0.5, 0.6) is 5.75 Å². The minimum Gasteiger partial charge on any atom is -0.497 e. The van der Waals surface area contributed by atoms with Crippen LogP contribution in [0, 0.1) is 24.7 Å². The minimum absolute atomic E-state index is 0.0345. The molecule has 0 aliphatic carbocycles. The first-order chi connectivity index (χ1) is 18.3. The molecule has 1 aliphatic heterocycles. The third kappa shape index (κ3) is 7.15. The number of nitrogens with zero attached hydrogens (tertiary/aromatic N) is 2. The summed E-state index contributed by atoms with van der Waals surface area (Å²) in [6.45, 7) is 4.21. The van der Waals surface area contributed by atoms with E-state index in [9.17, 15) is 32.3 Å². The third-order valence-electron chi connectivity index (χ3n) is 5.69. The molecular formula is C26H27F3N2O8. The standard InChI is InChI=1S/C26H27F3N2O8/c1-15(2)6-5-11-37-19-12-21(39-20(19)14-38-24(34)26(27,28)29)30-13-16(3)22(32)31(25(30)35)23(33)17-7-9-18(36-4)10-8-17/h7-10,13,15,19-21H,11-12,14H2,1-4H3/t19-,20+,21+/m0/s1. The number of aryl methyl sites for hydroxylation is 1. The van der Waals surface area contributed by atoms with Gasteiger partial charge in [-0.25, -0.2) is 9.59 Å². The summed E-state index contributed by atoms with van der Waals surface area (Å²) in [5.41, 5.74) is -1.79. The average Bonchev–Trinajstić information content (AvgIpc) is 3.29. The number of methoxy groups -OCH3 is 1. The number of carbonyl (C=O) groups is 2. The Kier molecular flexibility index (Phi) is 9.36. The summed E-state index contributed by atoms with van der Waals surface area (Å²) in [6, 6.07) is 5.75. The van der Waals surface area contributed by atoms with Crippen LogP contribution in [0.15, 0.2) is 40.1 Å². The lowest BCUT2D eigenvalue weighted by Gasteiger charge is -2.19. The number of benzene rings is 1. The second kappa shape index (κ2) is 12.3. The fourth-order valence-corrected chi connectivity index (χ4v) is 3.78. The predicted molar refractivity (Wildman–Crippen MR) is 130 cm³/mol. The van der Waals surface area contributed by atoms with Gasteiger partial charge in [0, 0.05) is 29.7 Å². The number of esters is 1. The lowest BCUT2D eigenvalue weighted by Crippen LogP contribution is -2.45. The summed E-state index contributed by atoms with van der Waals surface area (Å²) in [5, 5.41) is 0. The molecule has 2 heterocycles. The second-order valence-corrected chi connectivity index (χ2v) is 8.96. The van der Waals surface area contributed by atoms with Gasteiger partial charge in [-0.2, -0.15) is 17.7 Å². The Hall–Kier alpha value is -3.89. The van der Waals surface area contributed by atoms with Crippen LogP contribution in [0.3, 0.4) is 0 Å². The molecule has 1 aromatic carbocycles. The maximum absolute atomic E-state index is 13.3. The zero-order chi connectivity index (χ0) is 28.9. The summed E-state index contributed by atoms with van der Waals surface area (Å²) < 4.78 is 60.2. The molecule has 0 bridgehead atoms. The predicted octanol–water partition coefficient (Wildman–Crippen LogP) is 2.45. The van der Waals surface area contributed by atoms with Crippen LogP contribution in [0.25, 0.3) is 0 Å². The van der Waals surface area contributed by atoms with Gasteiger partial charge in [-0.15, -0.1) is 0 Å². The molecule has 0 unspecified atom stereocenters. The first-order valence-electron chi connectivity index (χ1n) is 11.9. The number of hydrogen-bond donors (Lipinski definition) is 0. The Morgan fingerprint density at radius 1 is 1.18 bits per heavy atom. The molecule has 0 N–H and O–H groups in total. The van der Waals surface area contributed by atoms with Crippen molar-refractivity contribution in [2.24, 2.45) is 5.92 Å². The van der Waals surface area contributed by atoms with Crippen molar-refractivity contribution in [3.05, 3.63) is 62.4 Å². The summed E-state index contributed by atoms with van der Waals surface area (Å²) in [6.07, 6.45) is -7.33. The van der Waals surface area contributed by atoms with E-state index in [1.807, 2.05) is 13.8 Å². The molecule has 1 saturated heterocycles. The summed E-state index contributed by atoms with van der Waals surface area (Å²) in [5.74, 6) is 2.86. The molecule has 1 aliphatic rings. The third-order valence-corrected chi connectivity index (χ3v) is 5.69. The molecule has 13 heteroatoms. The van der Waals surface area contributed by atoms with Crippen molar-refractivity contribution in [3.8, 4) is 17.6 Å². The van der Waals surface area contributed by atoms with E-state index in [-0.39, 0.29) is 30.1 Å². The number of ether oxygens (including phenoxy) is 4. The molecule has 1 aromatic heterocycles. The van der Waals surface area contributed by atoms with E-state index < -0.39 is 54.3 Å². The van der Waals surface area contributed by atoms with Crippen LogP contribution in [0.2, 0.25) is 0 Å². The van der Waals surface area contributed by atoms with Gasteiger partial charge in [-0.3, -0.25) is 14.2 Å². The Morgan fingerprint density at radius 2 is 1.85 bits per heavy atom. The van der Waals surface area contributed by atoms with Crippen molar-refractivity contribution in [1.82, 2.24) is 9.13 Å². The highest BCUT2D eigenvalue weighted by atomic mass is 19.4. The van der Waals surface area contributed by atoms with E-state index in [1.165, 1.54) is 44.5 Å². The number of halogens is 3. The fourth-order valence-electron chi connectivity index (χ4n) is 3.78. The van der Waals surface area contributed by atoms with Gasteiger partial charge in [-0.05, 0) is 31.2 Å². The molecule has 1 fully saturated rings. The van der Waals surface area contributed by atoms with E-state index in [2.05, 4.69) is 16.6 Å². The van der Waals surface area contributed by atoms with Gasteiger partial charge in [0.15, 0.2) is 0 Å². The summed E-state index contributed by atoms with van der Waals surface area (Å²) in [7, 11) is 1.44. The van der Waals surface area contributed by atoms with Crippen LogP contribution in [-0.4, -0.2) is 59.7 Å². The quantitative estimate of drug-likeness (QED) is 0.380. The van der Waals surface area contributed by atoms with Gasteiger partial charge in [0.25, 0.3) is 11.5 Å². The van der Waals surface area contributed by atoms with Crippen molar-refractivity contribution in [1.29, 1.82) is 0 Å². The van der Waals surface area contributed by atoms with E-state index in [4.69, 9.17) is 14.2 Å². The van der Waals surface area contributed by atoms with Crippen LogP contribution in [-0.2, 0) is 19.0 Å². The molecule has 2 aromatic rings. The van der Waals surface area contributed by atoms with Crippen molar-refractivity contribution < 1.29 is 41.7 Å². The van der Waals surface area contributed by atoms with E-state index in [0.717, 1.165) is 4.57 Å². The van der Waals surface area contributed by atoms with Gasteiger partial charge in [0.2, 0.25) is 0 Å². The molecule has 3 atom stereocenters. The zero-order valence-electron chi connectivity index (χ0n) is 21.6. The molecule has 39 heavy (non-hydrogen) atoms. The highest BCUT2D eigenvalue weighted by Crippen LogP contribution is 2.31. The average molecular weight is 553 g/mol. The SMILES string of the molecule is COc1ccc(C(=O)n2c(=O)c(C)cn([C@H]3C[C@H](OCC#CC(C)C)[C@@H](COC(=O)C(F)(F)F)O3)c2=O)cc1. The molecule has 0 radical (unpaired) electrons. The Bertz CT molecular complexity index is 1380. The van der Waals surface area contributed by atoms with Crippen LogP contribution in [0.4, 0.5) is 13.2 Å². The van der Waals surface area contributed by atoms with E-state index in [0.29, 0.717) is 10.3 Å². The van der Waals surface area contributed by atoms with Crippen LogP contribution < -0.4 is 16.0 Å². The molecule has 210 valence electrons.